The SMILES string of the molecule is CCOc1cc(/C=C2/N=C(c3cccc(F)c3)OC2=O)ccc1OC. The number of aliphatic imine (C=N–C) groups is 1. The van der Waals surface area contributed by atoms with Crippen LogP contribution in [0.15, 0.2) is 53.2 Å². The molecule has 0 bridgehead atoms. The number of hydrogen-bond acceptors (Lipinski definition) is 5. The van der Waals surface area contributed by atoms with E-state index in [4.69, 9.17) is 14.2 Å². The Balaban J connectivity index is 1.93. The fourth-order valence-corrected chi connectivity index (χ4v) is 2.36. The summed E-state index contributed by atoms with van der Waals surface area (Å²) in [4.78, 5) is 16.2. The molecule has 0 unspecified atom stereocenters. The molecular formula is C19H16FNO4. The van der Waals surface area contributed by atoms with Crippen LogP contribution >= 0.6 is 0 Å². The van der Waals surface area contributed by atoms with E-state index in [-0.39, 0.29) is 11.6 Å². The van der Waals surface area contributed by atoms with Gasteiger partial charge in [-0.25, -0.2) is 14.2 Å². The summed E-state index contributed by atoms with van der Waals surface area (Å²) in [5.41, 5.74) is 1.24. The Kier molecular flexibility index (Phi) is 4.79. The van der Waals surface area contributed by atoms with Crippen LogP contribution in [0, 0.1) is 5.82 Å². The van der Waals surface area contributed by atoms with Crippen molar-refractivity contribution in [2.45, 2.75) is 6.92 Å². The van der Waals surface area contributed by atoms with Gasteiger partial charge in [0.15, 0.2) is 17.2 Å². The quantitative estimate of drug-likeness (QED) is 0.616. The van der Waals surface area contributed by atoms with Crippen molar-refractivity contribution in [3.05, 3.63) is 65.1 Å². The minimum absolute atomic E-state index is 0.0780. The molecule has 128 valence electrons. The Morgan fingerprint density at radius 2 is 2.04 bits per heavy atom. The van der Waals surface area contributed by atoms with Gasteiger partial charge in [0.05, 0.1) is 13.7 Å². The molecule has 1 aliphatic heterocycles. The third-order valence-electron chi connectivity index (χ3n) is 3.48. The molecule has 0 N–H and O–H groups in total. The average Bonchev–Trinajstić information content (AvgIpc) is 2.96. The Bertz CT molecular complexity index is 873. The molecule has 25 heavy (non-hydrogen) atoms. The van der Waals surface area contributed by atoms with Crippen molar-refractivity contribution in [3.63, 3.8) is 0 Å². The molecule has 0 aromatic heterocycles. The molecule has 0 amide bonds. The minimum atomic E-state index is -0.590. The number of ether oxygens (including phenoxy) is 3. The molecule has 0 spiro atoms. The van der Waals surface area contributed by atoms with E-state index in [0.717, 1.165) is 0 Å². The van der Waals surface area contributed by atoms with E-state index in [1.54, 1.807) is 37.5 Å². The van der Waals surface area contributed by atoms with E-state index in [2.05, 4.69) is 4.99 Å². The van der Waals surface area contributed by atoms with Crippen LogP contribution in [0.4, 0.5) is 4.39 Å². The van der Waals surface area contributed by atoms with Gasteiger partial charge in [-0.05, 0) is 48.9 Å². The highest BCUT2D eigenvalue weighted by molar-refractivity contribution is 6.12. The van der Waals surface area contributed by atoms with Gasteiger partial charge in [-0.3, -0.25) is 0 Å². The molecule has 0 atom stereocenters. The zero-order chi connectivity index (χ0) is 17.8. The summed E-state index contributed by atoms with van der Waals surface area (Å²) in [6.07, 6.45) is 1.58. The fraction of sp³-hybridized carbons (Fsp3) is 0.158. The highest BCUT2D eigenvalue weighted by atomic mass is 19.1. The zero-order valence-electron chi connectivity index (χ0n) is 13.8. The normalized spacial score (nSPS) is 15.1. The second-order valence-corrected chi connectivity index (χ2v) is 5.19. The van der Waals surface area contributed by atoms with E-state index in [1.165, 1.54) is 18.2 Å². The van der Waals surface area contributed by atoms with Gasteiger partial charge in [-0.1, -0.05) is 12.1 Å². The van der Waals surface area contributed by atoms with Crippen molar-refractivity contribution in [1.82, 2.24) is 0 Å². The van der Waals surface area contributed by atoms with Gasteiger partial charge in [0.1, 0.15) is 5.82 Å². The number of hydrogen-bond donors (Lipinski definition) is 0. The second-order valence-electron chi connectivity index (χ2n) is 5.19. The van der Waals surface area contributed by atoms with Crippen molar-refractivity contribution in [1.29, 1.82) is 0 Å². The van der Waals surface area contributed by atoms with Crippen molar-refractivity contribution < 1.29 is 23.4 Å². The van der Waals surface area contributed by atoms with Crippen LogP contribution in [-0.4, -0.2) is 25.6 Å². The lowest BCUT2D eigenvalue weighted by Gasteiger charge is -2.09. The average molecular weight is 341 g/mol. The molecule has 2 aromatic carbocycles. The highest BCUT2D eigenvalue weighted by Gasteiger charge is 2.24. The fourth-order valence-electron chi connectivity index (χ4n) is 2.36. The molecular weight excluding hydrogens is 325 g/mol. The first kappa shape index (κ1) is 16.7. The molecule has 0 fully saturated rings. The predicted octanol–water partition coefficient (Wildman–Crippen LogP) is 3.58. The molecule has 0 saturated heterocycles. The van der Waals surface area contributed by atoms with Gasteiger partial charge in [-0.15, -0.1) is 0 Å². The topological polar surface area (TPSA) is 57.1 Å². The van der Waals surface area contributed by atoms with Crippen LogP contribution in [-0.2, 0) is 9.53 Å². The third kappa shape index (κ3) is 3.68. The van der Waals surface area contributed by atoms with Crippen molar-refractivity contribution in [3.8, 4) is 11.5 Å². The number of rotatable bonds is 5. The minimum Gasteiger partial charge on any atom is -0.493 e. The van der Waals surface area contributed by atoms with E-state index >= 15 is 0 Å². The maximum Gasteiger partial charge on any atom is 0.363 e. The summed E-state index contributed by atoms with van der Waals surface area (Å²) in [6, 6.07) is 11.0. The number of benzene rings is 2. The standard InChI is InChI=1S/C19H16FNO4/c1-3-24-17-10-12(7-8-16(17)23-2)9-15-19(22)25-18(21-15)13-5-4-6-14(20)11-13/h4-11H,3H2,1-2H3/b15-9+. The van der Waals surface area contributed by atoms with Gasteiger partial charge in [0, 0.05) is 5.56 Å². The summed E-state index contributed by atoms with van der Waals surface area (Å²) >= 11 is 0. The number of esters is 1. The molecule has 6 heteroatoms. The van der Waals surface area contributed by atoms with Crippen molar-refractivity contribution >= 4 is 17.9 Å². The summed E-state index contributed by atoms with van der Waals surface area (Å²) in [5, 5.41) is 0. The van der Waals surface area contributed by atoms with Crippen molar-refractivity contribution in [2.75, 3.05) is 13.7 Å². The maximum atomic E-state index is 13.3. The summed E-state index contributed by atoms with van der Waals surface area (Å²) in [6.45, 7) is 2.36. The highest BCUT2D eigenvalue weighted by Crippen LogP contribution is 2.29. The molecule has 0 radical (unpaired) electrons. The molecule has 1 heterocycles. The molecule has 0 saturated carbocycles. The molecule has 0 aliphatic carbocycles. The predicted molar refractivity (Wildman–Crippen MR) is 91.2 cm³/mol. The van der Waals surface area contributed by atoms with E-state index < -0.39 is 11.8 Å². The maximum absolute atomic E-state index is 13.3. The molecule has 3 rings (SSSR count). The van der Waals surface area contributed by atoms with Gasteiger partial charge < -0.3 is 14.2 Å². The number of halogens is 1. The van der Waals surface area contributed by atoms with E-state index in [9.17, 15) is 9.18 Å². The summed E-state index contributed by atoms with van der Waals surface area (Å²) in [5.74, 6) is 0.231. The van der Waals surface area contributed by atoms with Crippen molar-refractivity contribution in [2.24, 2.45) is 4.99 Å². The van der Waals surface area contributed by atoms with Gasteiger partial charge >= 0.3 is 5.97 Å². The Labute approximate surface area is 144 Å². The molecule has 2 aromatic rings. The lowest BCUT2D eigenvalue weighted by Crippen LogP contribution is -2.05. The number of nitrogens with zero attached hydrogens (tertiary/aromatic N) is 1. The monoisotopic (exact) mass is 341 g/mol. The second kappa shape index (κ2) is 7.17. The van der Waals surface area contributed by atoms with E-state index in [0.29, 0.717) is 29.2 Å². The first-order valence-corrected chi connectivity index (χ1v) is 7.70. The van der Waals surface area contributed by atoms with Gasteiger partial charge in [-0.2, -0.15) is 0 Å². The lowest BCUT2D eigenvalue weighted by molar-refractivity contribution is -0.129. The van der Waals surface area contributed by atoms with Gasteiger partial charge in [0.25, 0.3) is 0 Å². The van der Waals surface area contributed by atoms with Gasteiger partial charge in [0.2, 0.25) is 5.90 Å². The van der Waals surface area contributed by atoms with Crippen LogP contribution in [0.3, 0.4) is 0 Å². The van der Waals surface area contributed by atoms with Crippen LogP contribution in [0.5, 0.6) is 11.5 Å². The van der Waals surface area contributed by atoms with Crippen LogP contribution in [0.2, 0.25) is 0 Å². The molecule has 1 aliphatic rings. The first-order chi connectivity index (χ1) is 12.1. The number of methoxy groups -OCH3 is 1. The number of carbonyl (C=O) groups excluding carboxylic acids is 1. The lowest BCUT2D eigenvalue weighted by atomic mass is 10.1. The smallest absolute Gasteiger partial charge is 0.363 e. The number of cyclic esters (lactones) is 1. The third-order valence-corrected chi connectivity index (χ3v) is 3.48. The zero-order valence-corrected chi connectivity index (χ0v) is 13.8. The summed E-state index contributed by atoms with van der Waals surface area (Å²) in [7, 11) is 1.56. The number of carbonyl (C=O) groups is 1. The first-order valence-electron chi connectivity index (χ1n) is 7.70. The van der Waals surface area contributed by atoms with E-state index in [1.807, 2.05) is 6.92 Å². The molecule has 5 nitrogen and oxygen atoms in total. The van der Waals surface area contributed by atoms with Crippen LogP contribution < -0.4 is 9.47 Å². The largest absolute Gasteiger partial charge is 0.493 e. The summed E-state index contributed by atoms with van der Waals surface area (Å²) < 4.78 is 29.2. The Morgan fingerprint density at radius 3 is 2.76 bits per heavy atom. The Hall–Kier alpha value is -3.15. The Morgan fingerprint density at radius 1 is 1.20 bits per heavy atom. The van der Waals surface area contributed by atoms with Crippen LogP contribution in [0.1, 0.15) is 18.1 Å². The van der Waals surface area contributed by atoms with Crippen LogP contribution in [0.25, 0.3) is 6.08 Å².